The summed E-state index contributed by atoms with van der Waals surface area (Å²) in [6.07, 6.45) is 15.6. The Morgan fingerprint density at radius 2 is 1.22 bits per heavy atom. The number of esters is 1. The number of carbonyl (C=O) groups is 2. The van der Waals surface area contributed by atoms with Gasteiger partial charge in [0, 0.05) is 37.0 Å². The molecule has 396 valence electrons. The number of thiocarbonyl (C=S) groups is 1. The van der Waals surface area contributed by atoms with Crippen LogP contribution in [-0.4, -0.2) is 78.2 Å². The highest BCUT2D eigenvalue weighted by Gasteiger charge is 2.61. The molecule has 2 aliphatic rings. The maximum atomic E-state index is 16.1. The summed E-state index contributed by atoms with van der Waals surface area (Å²) in [6, 6.07) is 39.5. The van der Waals surface area contributed by atoms with Gasteiger partial charge in [-0.05, 0) is 80.0 Å². The fraction of sp³-hybridized carbons (Fsp3) is 0.532. The van der Waals surface area contributed by atoms with E-state index in [0.717, 1.165) is 66.4 Å². The molecule has 2 saturated heterocycles. The molecule has 0 saturated carbocycles. The molecule has 6 rings (SSSR count). The highest BCUT2D eigenvalue weighted by molar-refractivity contribution is 7.80. The fourth-order valence-electron chi connectivity index (χ4n) is 11.2. The van der Waals surface area contributed by atoms with Gasteiger partial charge in [-0.3, -0.25) is 9.69 Å². The van der Waals surface area contributed by atoms with Crippen LogP contribution < -0.4 is 10.4 Å². The number of amides is 1. The number of hydrogen-bond donors (Lipinski definition) is 1. The second kappa shape index (κ2) is 25.8. The van der Waals surface area contributed by atoms with Crippen LogP contribution >= 0.6 is 12.2 Å². The Bertz CT molecular complexity index is 2280. The van der Waals surface area contributed by atoms with Gasteiger partial charge in [0.05, 0.1) is 25.2 Å². The van der Waals surface area contributed by atoms with Crippen LogP contribution in [0.25, 0.3) is 0 Å². The van der Waals surface area contributed by atoms with Gasteiger partial charge in [0.2, 0.25) is 5.91 Å². The van der Waals surface area contributed by atoms with Gasteiger partial charge in [0.25, 0.3) is 13.5 Å². The van der Waals surface area contributed by atoms with Crippen molar-refractivity contribution < 1.29 is 38.1 Å². The van der Waals surface area contributed by atoms with Crippen molar-refractivity contribution in [2.45, 2.75) is 179 Å². The van der Waals surface area contributed by atoms with Crippen LogP contribution in [0.2, 0.25) is 5.04 Å². The molecule has 2 aliphatic heterocycles. The normalized spacial score (nSPS) is 18.2. The first-order chi connectivity index (χ1) is 34.9. The molecule has 0 aromatic heterocycles. The molecule has 2 heterocycles. The summed E-state index contributed by atoms with van der Waals surface area (Å²) >= 11 is 6.15. The third-order valence-corrected chi connectivity index (χ3v) is 20.0. The summed E-state index contributed by atoms with van der Waals surface area (Å²) in [5.41, 5.74) is -2.94. The molecule has 0 radical (unpaired) electrons. The van der Waals surface area contributed by atoms with Crippen LogP contribution in [0.3, 0.4) is 0 Å². The van der Waals surface area contributed by atoms with Gasteiger partial charge in [0.1, 0.15) is 5.60 Å². The highest BCUT2D eigenvalue weighted by atomic mass is 32.1. The van der Waals surface area contributed by atoms with E-state index >= 15 is 9.59 Å². The summed E-state index contributed by atoms with van der Waals surface area (Å²) in [6.45, 7) is 19.4. The van der Waals surface area contributed by atoms with Crippen molar-refractivity contribution in [2.75, 3.05) is 19.8 Å². The van der Waals surface area contributed by atoms with Crippen LogP contribution in [0.5, 0.6) is 0 Å². The van der Waals surface area contributed by atoms with E-state index in [0.29, 0.717) is 19.6 Å². The molecule has 11 heteroatoms. The quantitative estimate of drug-likeness (QED) is 0.0216. The maximum Gasteiger partial charge on any atom is 0.339 e. The number of benzene rings is 4. The maximum absolute atomic E-state index is 16.1. The zero-order valence-electron chi connectivity index (χ0n) is 45.4. The zero-order chi connectivity index (χ0) is 52.8. The molecule has 73 heavy (non-hydrogen) atoms. The molecule has 0 unspecified atom stereocenters. The van der Waals surface area contributed by atoms with E-state index in [2.05, 4.69) is 52.0 Å². The minimum absolute atomic E-state index is 0.0288. The molecule has 1 amide bonds. The van der Waals surface area contributed by atoms with Crippen LogP contribution in [0.15, 0.2) is 133 Å². The van der Waals surface area contributed by atoms with E-state index in [1.807, 2.05) is 117 Å². The number of allylic oxidation sites excluding steroid dienone is 1. The van der Waals surface area contributed by atoms with Crippen LogP contribution in [0, 0.1) is 11.8 Å². The predicted octanol–water partition coefficient (Wildman–Crippen LogP) is 12.8. The second-order valence-electron chi connectivity index (χ2n) is 22.6. The molecule has 2 fully saturated rings. The Morgan fingerprint density at radius 1 is 0.740 bits per heavy atom. The van der Waals surface area contributed by atoms with Crippen molar-refractivity contribution in [3.63, 3.8) is 0 Å². The van der Waals surface area contributed by atoms with Gasteiger partial charge in [-0.25, -0.2) is 4.79 Å². The van der Waals surface area contributed by atoms with Crippen LogP contribution in [-0.2, 0) is 38.6 Å². The smallest absolute Gasteiger partial charge is 0.339 e. The molecule has 0 spiro atoms. The predicted molar refractivity (Wildman–Crippen MR) is 300 cm³/mol. The number of aliphatic hydroxyl groups is 1. The molecule has 0 bridgehead atoms. The average Bonchev–Trinajstić information content (AvgIpc) is 3.97. The lowest BCUT2D eigenvalue weighted by molar-refractivity contribution is -0.186. The van der Waals surface area contributed by atoms with E-state index < -0.39 is 54.7 Å². The number of carbonyl (C=O) groups excluding carboxylic acids is 2. The summed E-state index contributed by atoms with van der Waals surface area (Å²) in [5.74, 6) is -3.58. The van der Waals surface area contributed by atoms with Crippen molar-refractivity contribution in [3.8, 4) is 0 Å². The summed E-state index contributed by atoms with van der Waals surface area (Å²) in [5, 5.41) is 15.2. The third-order valence-electron chi connectivity index (χ3n) is 14.6. The number of nitrogens with zero attached hydrogens (tertiary/aromatic N) is 1. The fourth-order valence-corrected chi connectivity index (χ4v) is 16.1. The molecule has 3 atom stereocenters. The van der Waals surface area contributed by atoms with Crippen molar-refractivity contribution >= 4 is 48.0 Å². The van der Waals surface area contributed by atoms with E-state index in [-0.39, 0.29) is 29.2 Å². The van der Waals surface area contributed by atoms with Gasteiger partial charge in [-0.15, -0.1) is 0 Å². The first-order valence-electron chi connectivity index (χ1n) is 27.2. The lowest BCUT2D eigenvalue weighted by Gasteiger charge is -2.44. The molecule has 4 aromatic rings. The molecule has 9 nitrogen and oxygen atoms in total. The van der Waals surface area contributed by atoms with Crippen LogP contribution in [0.4, 0.5) is 0 Å². The molecule has 4 aromatic carbocycles. The van der Waals surface area contributed by atoms with E-state index in [1.165, 1.54) is 30.6 Å². The summed E-state index contributed by atoms with van der Waals surface area (Å²) in [4.78, 5) is 32.6. The minimum Gasteiger partial charge on any atom is -0.458 e. The van der Waals surface area contributed by atoms with Gasteiger partial charge in [-0.1, -0.05) is 214 Å². The largest absolute Gasteiger partial charge is 0.458 e. The molecular formula is C62H85NO8SSi. The van der Waals surface area contributed by atoms with Crippen molar-refractivity contribution in [3.05, 3.63) is 145 Å². The van der Waals surface area contributed by atoms with Gasteiger partial charge in [-0.2, -0.15) is 0 Å². The average molecular weight is 1030 g/mol. The topological polar surface area (TPSA) is 104 Å². The summed E-state index contributed by atoms with van der Waals surface area (Å²) < 4.78 is 32.8. The number of ether oxygens (including phenoxy) is 4. The van der Waals surface area contributed by atoms with E-state index in [9.17, 15) is 5.11 Å². The minimum atomic E-state index is -3.16. The van der Waals surface area contributed by atoms with Gasteiger partial charge >= 0.3 is 5.97 Å². The van der Waals surface area contributed by atoms with E-state index in [4.69, 9.17) is 35.6 Å². The van der Waals surface area contributed by atoms with Crippen molar-refractivity contribution in [2.24, 2.45) is 11.8 Å². The summed E-state index contributed by atoms with van der Waals surface area (Å²) in [7, 11) is -3.16. The zero-order valence-corrected chi connectivity index (χ0v) is 47.2. The van der Waals surface area contributed by atoms with Crippen molar-refractivity contribution in [1.82, 2.24) is 4.90 Å². The Balaban J connectivity index is 1.36. The Kier molecular flexibility index (Phi) is 20.4. The SMILES string of the molecule is CCCCCCCC1(CCCCCC/C=C/[C@H](C(=O)N2C(=S)OC(c3ccccc3)(c3ccccc3)[C@@H]2C(C)C)[C@@](O)(CCO[Si](c2ccccc2)(c2ccccc2)C(C)(C)C)C(=O)OC(C)(C)C)OCCO1. The lowest BCUT2D eigenvalue weighted by Crippen LogP contribution is -2.67. The second-order valence-corrected chi connectivity index (χ2v) is 27.2. The highest BCUT2D eigenvalue weighted by Crippen LogP contribution is 2.49. The first kappa shape index (κ1) is 57.8. The lowest BCUT2D eigenvalue weighted by atomic mass is 9.75. The van der Waals surface area contributed by atoms with Crippen LogP contribution in [0.1, 0.15) is 157 Å². The standard InChI is InChI=1S/C62H85NO8SSi/c1-10-11-12-16-31-42-60(67-46-47-68-60)43-32-17-14-13-15-30-41-53(55(64)63-54(48(2)3)62(71-57(63)72,49-33-22-18-23-34-49)50-35-24-19-25-36-50)61(66,56(65)70-58(4,5)6)44-45-69-73(59(7,8)9,51-37-26-20-27-38-51)52-39-28-21-29-40-52/h18-30,33-41,48,53-54,66H,10-17,31-32,42-47H2,1-9H3/b41-30+/t53-,54+,61+/m1/s1. The van der Waals surface area contributed by atoms with Crippen molar-refractivity contribution in [1.29, 1.82) is 0 Å². The number of rotatable bonds is 26. The monoisotopic (exact) mass is 1030 g/mol. The van der Waals surface area contributed by atoms with E-state index in [1.54, 1.807) is 26.8 Å². The Morgan fingerprint density at radius 3 is 1.68 bits per heavy atom. The molecule has 0 aliphatic carbocycles. The van der Waals surface area contributed by atoms with Gasteiger partial charge < -0.3 is 28.5 Å². The Hall–Kier alpha value is -4.49. The first-order valence-corrected chi connectivity index (χ1v) is 29.5. The number of hydrogen-bond acceptors (Lipinski definition) is 9. The number of unbranched alkanes of at least 4 members (excludes halogenated alkanes) is 8. The Labute approximate surface area is 444 Å². The van der Waals surface area contributed by atoms with Gasteiger partial charge in [0.15, 0.2) is 17.0 Å². The molecule has 1 N–H and O–H groups in total. The third kappa shape index (κ3) is 13.7. The molecular weight excluding hydrogens is 947 g/mol.